The predicted octanol–water partition coefficient (Wildman–Crippen LogP) is 0.508. The van der Waals surface area contributed by atoms with Crippen LogP contribution < -0.4 is 11.1 Å². The average molecular weight is 224 g/mol. The van der Waals surface area contributed by atoms with Crippen molar-refractivity contribution in [1.82, 2.24) is 15.1 Å². The summed E-state index contributed by atoms with van der Waals surface area (Å²) in [6, 6.07) is -0.0221. The molecular formula is C11H20N4O. The van der Waals surface area contributed by atoms with Crippen molar-refractivity contribution in [3.8, 4) is 0 Å². The summed E-state index contributed by atoms with van der Waals surface area (Å²) in [6.07, 6.45) is 3.12. The number of carbonyl (C=O) groups excluding carboxylic acids is 1. The molecule has 1 aromatic heterocycles. The Hall–Kier alpha value is -1.36. The minimum atomic E-state index is -0.295. The van der Waals surface area contributed by atoms with Gasteiger partial charge in [-0.2, -0.15) is 5.10 Å². The summed E-state index contributed by atoms with van der Waals surface area (Å²) >= 11 is 0. The van der Waals surface area contributed by atoms with Gasteiger partial charge in [-0.1, -0.05) is 13.8 Å². The van der Waals surface area contributed by atoms with Crippen LogP contribution in [0.4, 0.5) is 0 Å². The largest absolute Gasteiger partial charge is 0.370 e. The molecule has 0 aliphatic carbocycles. The fourth-order valence-electron chi connectivity index (χ4n) is 1.86. The van der Waals surface area contributed by atoms with Gasteiger partial charge in [-0.3, -0.25) is 9.48 Å². The van der Waals surface area contributed by atoms with E-state index in [2.05, 4.69) is 17.3 Å². The van der Waals surface area contributed by atoms with Gasteiger partial charge in [0.25, 0.3) is 0 Å². The lowest BCUT2D eigenvalue weighted by Crippen LogP contribution is -2.27. The summed E-state index contributed by atoms with van der Waals surface area (Å²) in [5, 5.41) is 7.63. The van der Waals surface area contributed by atoms with Crippen molar-refractivity contribution in [3.05, 3.63) is 17.5 Å². The summed E-state index contributed by atoms with van der Waals surface area (Å²) < 4.78 is 1.78. The Labute approximate surface area is 96.0 Å². The van der Waals surface area contributed by atoms with E-state index in [1.54, 1.807) is 4.68 Å². The third-order valence-corrected chi connectivity index (χ3v) is 2.50. The Kier molecular flexibility index (Phi) is 4.49. The standard InChI is InChI=1S/C11H20N4O/c1-4-9-8(7-15(3)14-9)10(13-5-2)6-11(12)16/h7,10,13H,4-6H2,1-3H3,(H2,12,16). The first-order valence-corrected chi connectivity index (χ1v) is 5.62. The number of nitrogens with zero attached hydrogens (tertiary/aromatic N) is 2. The predicted molar refractivity (Wildman–Crippen MR) is 62.8 cm³/mol. The Morgan fingerprint density at radius 3 is 2.81 bits per heavy atom. The number of nitrogens with two attached hydrogens (primary N) is 1. The van der Waals surface area contributed by atoms with E-state index in [0.717, 1.165) is 24.2 Å². The van der Waals surface area contributed by atoms with E-state index < -0.39 is 0 Å². The number of aryl methyl sites for hydroxylation is 2. The second kappa shape index (κ2) is 5.65. The van der Waals surface area contributed by atoms with Gasteiger partial charge in [0.1, 0.15) is 0 Å². The monoisotopic (exact) mass is 224 g/mol. The second-order valence-corrected chi connectivity index (χ2v) is 3.84. The number of amides is 1. The molecule has 1 amide bonds. The lowest BCUT2D eigenvalue weighted by Gasteiger charge is -2.15. The molecule has 1 rings (SSSR count). The molecule has 0 aliphatic rings. The summed E-state index contributed by atoms with van der Waals surface area (Å²) in [6.45, 7) is 4.87. The fourth-order valence-corrected chi connectivity index (χ4v) is 1.86. The van der Waals surface area contributed by atoms with Gasteiger partial charge in [0.2, 0.25) is 5.91 Å². The molecule has 1 heterocycles. The number of aromatic nitrogens is 2. The van der Waals surface area contributed by atoms with Crippen LogP contribution >= 0.6 is 0 Å². The lowest BCUT2D eigenvalue weighted by atomic mass is 10.0. The van der Waals surface area contributed by atoms with Crippen LogP contribution in [0.15, 0.2) is 6.20 Å². The van der Waals surface area contributed by atoms with Gasteiger partial charge < -0.3 is 11.1 Å². The molecule has 0 saturated carbocycles. The fraction of sp³-hybridized carbons (Fsp3) is 0.636. The molecule has 1 atom stereocenters. The van der Waals surface area contributed by atoms with Crippen LogP contribution in [0, 0.1) is 0 Å². The number of carbonyl (C=O) groups is 1. The molecule has 5 nitrogen and oxygen atoms in total. The van der Waals surface area contributed by atoms with E-state index >= 15 is 0 Å². The number of hydrogen-bond donors (Lipinski definition) is 2. The Morgan fingerprint density at radius 1 is 1.62 bits per heavy atom. The molecular weight excluding hydrogens is 204 g/mol. The van der Waals surface area contributed by atoms with Crippen molar-refractivity contribution < 1.29 is 4.79 Å². The van der Waals surface area contributed by atoms with Gasteiger partial charge in [-0.05, 0) is 13.0 Å². The van der Waals surface area contributed by atoms with Gasteiger partial charge in [0.05, 0.1) is 5.69 Å². The summed E-state index contributed by atoms with van der Waals surface area (Å²) in [5.74, 6) is -0.295. The van der Waals surface area contributed by atoms with E-state index in [1.165, 1.54) is 0 Å². The molecule has 0 spiro atoms. The quantitative estimate of drug-likeness (QED) is 0.739. The van der Waals surface area contributed by atoms with Crippen molar-refractivity contribution in [3.63, 3.8) is 0 Å². The molecule has 90 valence electrons. The highest BCUT2D eigenvalue weighted by atomic mass is 16.1. The smallest absolute Gasteiger partial charge is 0.219 e. The number of rotatable bonds is 6. The van der Waals surface area contributed by atoms with Crippen molar-refractivity contribution >= 4 is 5.91 Å². The van der Waals surface area contributed by atoms with Gasteiger partial charge in [-0.25, -0.2) is 0 Å². The van der Waals surface area contributed by atoms with Crippen LogP contribution in [-0.2, 0) is 18.3 Å². The van der Waals surface area contributed by atoms with Crippen LogP contribution in [0.2, 0.25) is 0 Å². The van der Waals surface area contributed by atoms with Crippen LogP contribution in [0.5, 0.6) is 0 Å². The zero-order chi connectivity index (χ0) is 12.1. The summed E-state index contributed by atoms with van der Waals surface area (Å²) in [7, 11) is 1.88. The molecule has 0 bridgehead atoms. The summed E-state index contributed by atoms with van der Waals surface area (Å²) in [4.78, 5) is 11.0. The second-order valence-electron chi connectivity index (χ2n) is 3.84. The van der Waals surface area contributed by atoms with Crippen LogP contribution in [0.3, 0.4) is 0 Å². The number of primary amides is 1. The highest BCUT2D eigenvalue weighted by Crippen LogP contribution is 2.20. The Bertz CT molecular complexity index is 359. The number of nitrogens with one attached hydrogen (secondary N) is 1. The van der Waals surface area contributed by atoms with E-state index in [-0.39, 0.29) is 11.9 Å². The SMILES string of the molecule is CCNC(CC(N)=O)c1cn(C)nc1CC. The van der Waals surface area contributed by atoms with Gasteiger partial charge in [0.15, 0.2) is 0 Å². The van der Waals surface area contributed by atoms with Gasteiger partial charge >= 0.3 is 0 Å². The van der Waals surface area contributed by atoms with E-state index in [9.17, 15) is 4.79 Å². The van der Waals surface area contributed by atoms with Crippen LogP contribution in [0.1, 0.15) is 37.6 Å². The van der Waals surface area contributed by atoms with E-state index in [4.69, 9.17) is 5.73 Å². The zero-order valence-corrected chi connectivity index (χ0v) is 10.2. The molecule has 1 unspecified atom stereocenters. The Balaban J connectivity index is 2.94. The third kappa shape index (κ3) is 3.06. The maximum atomic E-state index is 11.0. The highest BCUT2D eigenvalue weighted by molar-refractivity contribution is 5.74. The van der Waals surface area contributed by atoms with Crippen LogP contribution in [0.25, 0.3) is 0 Å². The first-order chi connectivity index (χ1) is 7.58. The third-order valence-electron chi connectivity index (χ3n) is 2.50. The van der Waals surface area contributed by atoms with Crippen molar-refractivity contribution in [2.24, 2.45) is 12.8 Å². The van der Waals surface area contributed by atoms with Crippen molar-refractivity contribution in [2.45, 2.75) is 32.7 Å². The molecule has 0 aromatic carbocycles. The van der Waals surface area contributed by atoms with E-state index in [1.807, 2.05) is 20.2 Å². The van der Waals surface area contributed by atoms with Crippen LogP contribution in [-0.4, -0.2) is 22.2 Å². The van der Waals surface area contributed by atoms with E-state index in [0.29, 0.717) is 6.42 Å². The first-order valence-electron chi connectivity index (χ1n) is 5.62. The van der Waals surface area contributed by atoms with Gasteiger partial charge in [0, 0.05) is 31.3 Å². The minimum absolute atomic E-state index is 0.0221. The van der Waals surface area contributed by atoms with Crippen molar-refractivity contribution in [1.29, 1.82) is 0 Å². The maximum Gasteiger partial charge on any atom is 0.219 e. The van der Waals surface area contributed by atoms with Gasteiger partial charge in [-0.15, -0.1) is 0 Å². The maximum absolute atomic E-state index is 11.0. The number of hydrogen-bond acceptors (Lipinski definition) is 3. The molecule has 5 heteroatoms. The molecule has 0 fully saturated rings. The molecule has 0 saturated heterocycles. The van der Waals surface area contributed by atoms with Crippen molar-refractivity contribution in [2.75, 3.05) is 6.54 Å². The minimum Gasteiger partial charge on any atom is -0.370 e. The topological polar surface area (TPSA) is 72.9 Å². The molecule has 1 aromatic rings. The highest BCUT2D eigenvalue weighted by Gasteiger charge is 2.18. The zero-order valence-electron chi connectivity index (χ0n) is 10.2. The Morgan fingerprint density at radius 2 is 2.31 bits per heavy atom. The first kappa shape index (κ1) is 12.7. The molecule has 16 heavy (non-hydrogen) atoms. The normalized spacial score (nSPS) is 12.7. The molecule has 0 radical (unpaired) electrons. The molecule has 0 aliphatic heterocycles. The summed E-state index contributed by atoms with van der Waals surface area (Å²) in [5.41, 5.74) is 7.35. The lowest BCUT2D eigenvalue weighted by molar-refractivity contribution is -0.118. The molecule has 3 N–H and O–H groups in total. The average Bonchev–Trinajstić information content (AvgIpc) is 2.58.